The second kappa shape index (κ2) is 6.06. The number of nitrogens with one attached hydrogen (secondary N) is 1. The maximum Gasteiger partial charge on any atom is 0.347 e. The van der Waals surface area contributed by atoms with Crippen LogP contribution in [0.15, 0.2) is 63.2 Å². The van der Waals surface area contributed by atoms with Gasteiger partial charge < -0.3 is 10.2 Å². The summed E-state index contributed by atoms with van der Waals surface area (Å²) in [7, 11) is 0. The number of para-hydroxylation sites is 1. The van der Waals surface area contributed by atoms with Gasteiger partial charge in [0.15, 0.2) is 5.84 Å². The fourth-order valence-electron chi connectivity index (χ4n) is 1.89. The molecule has 0 atom stereocenters. The molecule has 8 heteroatoms. The maximum atomic E-state index is 11.9. The van der Waals surface area contributed by atoms with Crippen LogP contribution in [0.4, 0.5) is 0 Å². The number of carbonyl (C=O) groups is 1. The molecule has 0 fully saturated rings. The SMILES string of the molecule is N/C(=N\NC(=O)c1cnccn1)c1cc2ccccc2oc1=O. The summed E-state index contributed by atoms with van der Waals surface area (Å²) in [6.45, 7) is 0. The fraction of sp³-hybridized carbons (Fsp3) is 0. The Morgan fingerprint density at radius 1 is 1.26 bits per heavy atom. The third-order valence-electron chi connectivity index (χ3n) is 2.99. The Hall–Kier alpha value is -3.55. The van der Waals surface area contributed by atoms with Crippen molar-refractivity contribution in [2.75, 3.05) is 0 Å². The van der Waals surface area contributed by atoms with E-state index in [4.69, 9.17) is 10.2 Å². The van der Waals surface area contributed by atoms with Crippen LogP contribution in [0.1, 0.15) is 16.1 Å². The van der Waals surface area contributed by atoms with Crippen LogP contribution >= 0.6 is 0 Å². The van der Waals surface area contributed by atoms with E-state index in [1.54, 1.807) is 30.3 Å². The Kier molecular flexibility index (Phi) is 3.79. The van der Waals surface area contributed by atoms with Gasteiger partial charge >= 0.3 is 5.63 Å². The van der Waals surface area contributed by atoms with E-state index < -0.39 is 11.5 Å². The second-order valence-electron chi connectivity index (χ2n) is 4.51. The number of carbonyl (C=O) groups excluding carboxylic acids is 1. The Labute approximate surface area is 129 Å². The summed E-state index contributed by atoms with van der Waals surface area (Å²) >= 11 is 0. The van der Waals surface area contributed by atoms with Gasteiger partial charge in [0, 0.05) is 17.8 Å². The number of nitrogens with two attached hydrogens (primary N) is 1. The van der Waals surface area contributed by atoms with E-state index in [-0.39, 0.29) is 17.1 Å². The third kappa shape index (κ3) is 3.05. The Morgan fingerprint density at radius 2 is 2.09 bits per heavy atom. The van der Waals surface area contributed by atoms with Crippen molar-refractivity contribution in [3.8, 4) is 0 Å². The van der Waals surface area contributed by atoms with Crippen molar-refractivity contribution < 1.29 is 9.21 Å². The number of benzene rings is 1. The average molecular weight is 309 g/mol. The number of aromatic nitrogens is 2. The summed E-state index contributed by atoms with van der Waals surface area (Å²) < 4.78 is 5.15. The summed E-state index contributed by atoms with van der Waals surface area (Å²) in [5, 5.41) is 4.40. The normalized spacial score (nSPS) is 11.4. The highest BCUT2D eigenvalue weighted by molar-refractivity contribution is 6.00. The number of amidine groups is 1. The van der Waals surface area contributed by atoms with Crippen molar-refractivity contribution in [1.29, 1.82) is 0 Å². The van der Waals surface area contributed by atoms with Gasteiger partial charge in [0.25, 0.3) is 5.91 Å². The number of hydrazone groups is 1. The molecule has 2 heterocycles. The Balaban J connectivity index is 1.88. The lowest BCUT2D eigenvalue weighted by atomic mass is 10.2. The number of nitrogens with zero attached hydrogens (tertiary/aromatic N) is 3. The minimum Gasteiger partial charge on any atom is -0.422 e. The van der Waals surface area contributed by atoms with Crippen molar-refractivity contribution >= 4 is 22.7 Å². The lowest BCUT2D eigenvalue weighted by Gasteiger charge is -2.02. The van der Waals surface area contributed by atoms with Crippen LogP contribution in [-0.4, -0.2) is 21.7 Å². The quantitative estimate of drug-likeness (QED) is 0.316. The smallest absolute Gasteiger partial charge is 0.347 e. The Bertz CT molecular complexity index is 950. The first-order valence-electron chi connectivity index (χ1n) is 6.58. The van der Waals surface area contributed by atoms with Gasteiger partial charge in [-0.15, -0.1) is 0 Å². The lowest BCUT2D eigenvalue weighted by Crippen LogP contribution is -2.28. The van der Waals surface area contributed by atoms with Gasteiger partial charge in [0.2, 0.25) is 0 Å². The van der Waals surface area contributed by atoms with Crippen LogP contribution in [0, 0.1) is 0 Å². The summed E-state index contributed by atoms with van der Waals surface area (Å²) in [4.78, 5) is 31.3. The molecule has 0 radical (unpaired) electrons. The predicted octanol–water partition coefficient (Wildman–Crippen LogP) is 0.633. The molecular weight excluding hydrogens is 298 g/mol. The highest BCUT2D eigenvalue weighted by Gasteiger charge is 2.10. The molecule has 0 saturated carbocycles. The van der Waals surface area contributed by atoms with Crippen molar-refractivity contribution in [3.63, 3.8) is 0 Å². The molecule has 0 aliphatic carbocycles. The number of fused-ring (bicyclic) bond motifs is 1. The molecule has 0 bridgehead atoms. The van der Waals surface area contributed by atoms with Crippen LogP contribution in [0.25, 0.3) is 11.0 Å². The van der Waals surface area contributed by atoms with Gasteiger partial charge in [-0.25, -0.2) is 15.2 Å². The Morgan fingerprint density at radius 3 is 2.87 bits per heavy atom. The number of amides is 1. The summed E-state index contributed by atoms with van der Waals surface area (Å²) in [6.07, 6.45) is 4.10. The van der Waals surface area contributed by atoms with Gasteiger partial charge in [0.1, 0.15) is 16.8 Å². The van der Waals surface area contributed by atoms with Crippen LogP contribution < -0.4 is 16.8 Å². The maximum absolute atomic E-state index is 11.9. The molecule has 0 unspecified atom stereocenters. The minimum absolute atomic E-state index is 0.0585. The van der Waals surface area contributed by atoms with Crippen LogP contribution in [0.5, 0.6) is 0 Å². The van der Waals surface area contributed by atoms with Crippen molar-refractivity contribution in [2.45, 2.75) is 0 Å². The molecule has 0 saturated heterocycles. The van der Waals surface area contributed by atoms with E-state index in [1.165, 1.54) is 18.6 Å². The second-order valence-corrected chi connectivity index (χ2v) is 4.51. The van der Waals surface area contributed by atoms with Crippen molar-refractivity contribution in [2.24, 2.45) is 10.8 Å². The van der Waals surface area contributed by atoms with E-state index in [0.29, 0.717) is 11.0 Å². The molecule has 23 heavy (non-hydrogen) atoms. The van der Waals surface area contributed by atoms with Crippen molar-refractivity contribution in [1.82, 2.24) is 15.4 Å². The van der Waals surface area contributed by atoms with E-state index in [2.05, 4.69) is 20.5 Å². The number of hydrogen-bond donors (Lipinski definition) is 2. The zero-order chi connectivity index (χ0) is 16.2. The van der Waals surface area contributed by atoms with E-state index in [0.717, 1.165) is 0 Å². The molecule has 0 aliphatic heterocycles. The third-order valence-corrected chi connectivity index (χ3v) is 2.99. The molecule has 2 aromatic heterocycles. The molecule has 114 valence electrons. The molecule has 0 aliphatic rings. The molecule has 3 aromatic rings. The largest absolute Gasteiger partial charge is 0.422 e. The fourth-order valence-corrected chi connectivity index (χ4v) is 1.89. The van der Waals surface area contributed by atoms with Crippen molar-refractivity contribution in [3.05, 3.63) is 70.6 Å². The first kappa shape index (κ1) is 14.4. The van der Waals surface area contributed by atoms with Crippen LogP contribution in [0.3, 0.4) is 0 Å². The van der Waals surface area contributed by atoms with Gasteiger partial charge in [-0.3, -0.25) is 9.78 Å². The molecule has 8 nitrogen and oxygen atoms in total. The predicted molar refractivity (Wildman–Crippen MR) is 82.7 cm³/mol. The summed E-state index contributed by atoms with van der Waals surface area (Å²) in [5.41, 5.74) is 7.90. The standard InChI is InChI=1S/C15H11N5O3/c16-13(19-20-14(21)11-8-17-5-6-18-11)10-7-9-3-1-2-4-12(9)23-15(10)22/h1-8H,(H2,16,19)(H,20,21). The van der Waals surface area contributed by atoms with Gasteiger partial charge in [0.05, 0.1) is 6.20 Å². The lowest BCUT2D eigenvalue weighted by molar-refractivity contribution is 0.0949. The molecule has 1 amide bonds. The first-order chi connectivity index (χ1) is 11.1. The number of hydrogen-bond acceptors (Lipinski definition) is 6. The molecular formula is C15H11N5O3. The molecule has 3 N–H and O–H groups in total. The summed E-state index contributed by atoms with van der Waals surface area (Å²) in [5.74, 6) is -0.757. The van der Waals surface area contributed by atoms with Crippen LogP contribution in [0.2, 0.25) is 0 Å². The molecule has 0 spiro atoms. The average Bonchev–Trinajstić information content (AvgIpc) is 2.59. The molecule has 1 aromatic carbocycles. The highest BCUT2D eigenvalue weighted by Crippen LogP contribution is 2.12. The first-order valence-corrected chi connectivity index (χ1v) is 6.58. The van der Waals surface area contributed by atoms with Crippen LogP contribution in [-0.2, 0) is 0 Å². The topological polar surface area (TPSA) is 123 Å². The minimum atomic E-state index is -0.640. The van der Waals surface area contributed by atoms with E-state index in [9.17, 15) is 9.59 Å². The number of rotatable bonds is 3. The van der Waals surface area contributed by atoms with Gasteiger partial charge in [-0.05, 0) is 12.1 Å². The summed E-state index contributed by atoms with van der Waals surface area (Å²) in [6, 6.07) is 8.55. The van der Waals surface area contributed by atoms with E-state index in [1.807, 2.05) is 0 Å². The van der Waals surface area contributed by atoms with E-state index >= 15 is 0 Å². The zero-order valence-electron chi connectivity index (χ0n) is 11.8. The highest BCUT2D eigenvalue weighted by atomic mass is 16.4. The van der Waals surface area contributed by atoms with Gasteiger partial charge in [-0.2, -0.15) is 5.10 Å². The molecule has 3 rings (SSSR count). The zero-order valence-corrected chi connectivity index (χ0v) is 11.8. The monoisotopic (exact) mass is 309 g/mol. The van der Waals surface area contributed by atoms with Gasteiger partial charge in [-0.1, -0.05) is 18.2 Å².